The maximum absolute atomic E-state index is 12.0. The van der Waals surface area contributed by atoms with Crippen molar-refractivity contribution in [1.82, 2.24) is 0 Å². The van der Waals surface area contributed by atoms with Gasteiger partial charge in [0.15, 0.2) is 5.75 Å². The van der Waals surface area contributed by atoms with E-state index in [2.05, 4.69) is 29.8 Å². The van der Waals surface area contributed by atoms with E-state index in [-0.39, 0.29) is 49.5 Å². The number of phenols is 1. The Hall–Kier alpha value is -5.31. The number of aromatic hydroxyl groups is 1. The molecule has 0 aliphatic heterocycles. The predicted octanol–water partition coefficient (Wildman–Crippen LogP) is 6.15. The van der Waals surface area contributed by atoms with Crippen molar-refractivity contribution in [3.63, 3.8) is 0 Å². The summed E-state index contributed by atoms with van der Waals surface area (Å²) in [5.41, 5.74) is -1.83. The first-order chi connectivity index (χ1) is 20.8. The van der Waals surface area contributed by atoms with Gasteiger partial charge in [0.1, 0.15) is 11.4 Å². The Labute approximate surface area is 249 Å². The van der Waals surface area contributed by atoms with Crippen molar-refractivity contribution < 1.29 is 62.4 Å². The number of carboxylic acids is 3. The maximum atomic E-state index is 12.0. The number of carboxylic acid groups (broad SMARTS) is 3. The smallest absolute Gasteiger partial charge is 0.338 e. The van der Waals surface area contributed by atoms with Crippen molar-refractivity contribution in [2.75, 3.05) is 0 Å². The highest BCUT2D eigenvalue weighted by Gasteiger charge is 2.19. The average molecular weight is 645 g/mol. The molecule has 0 saturated carbocycles. The van der Waals surface area contributed by atoms with Gasteiger partial charge in [-0.3, -0.25) is 4.55 Å². The molecule has 226 valence electrons. The minimum Gasteiger partial charge on any atom is -0.505 e. The number of benzene rings is 4. The van der Waals surface area contributed by atoms with Crippen LogP contribution in [0, 0.1) is 0 Å². The fourth-order valence-electron chi connectivity index (χ4n) is 3.68. The highest BCUT2D eigenvalue weighted by Crippen LogP contribution is 2.44. The number of hydrogen-bond acceptors (Lipinski definition) is 14. The molecular weight excluding hydrogens is 628 g/mol. The summed E-state index contributed by atoms with van der Waals surface area (Å²) in [5.74, 6) is -4.82. The molecule has 0 spiro atoms. The van der Waals surface area contributed by atoms with E-state index < -0.39 is 44.2 Å². The summed E-state index contributed by atoms with van der Waals surface area (Å²) >= 11 is 0.332. The highest BCUT2D eigenvalue weighted by atomic mass is 32.2. The van der Waals surface area contributed by atoms with Crippen LogP contribution in [-0.4, -0.2) is 56.6 Å². The SMILES string of the molecule is O=C(O)c1cc(/N=N/c2ccc(/N=N/c3c(SOOO)cc4cc(S(=O)(=O)O)ccc4c3O)c(C(=O)O)c2)cc(C(=O)O)c1. The molecule has 0 fully saturated rings. The Morgan fingerprint density at radius 2 is 1.41 bits per heavy atom. The second-order valence-corrected chi connectivity index (χ2v) is 10.6. The molecule has 17 nitrogen and oxygen atoms in total. The van der Waals surface area contributed by atoms with Crippen LogP contribution in [0.1, 0.15) is 31.1 Å². The van der Waals surface area contributed by atoms with Crippen LogP contribution in [0.25, 0.3) is 10.8 Å². The quantitative estimate of drug-likeness (QED) is 0.0351. The second kappa shape index (κ2) is 12.9. The number of hydrogen-bond donors (Lipinski definition) is 6. The van der Waals surface area contributed by atoms with E-state index >= 15 is 0 Å². The second-order valence-electron chi connectivity index (χ2n) is 8.44. The highest BCUT2D eigenvalue weighted by molar-refractivity contribution is 7.94. The number of azo groups is 2. The van der Waals surface area contributed by atoms with Gasteiger partial charge in [-0.25, -0.2) is 19.6 Å². The molecule has 19 heteroatoms. The van der Waals surface area contributed by atoms with Crippen molar-refractivity contribution in [2.24, 2.45) is 20.5 Å². The van der Waals surface area contributed by atoms with E-state index in [1.807, 2.05) is 0 Å². The molecule has 0 saturated heterocycles. The molecule has 4 rings (SSSR count). The number of fused-ring (bicyclic) bond motifs is 1. The molecule has 4 aromatic carbocycles. The lowest BCUT2D eigenvalue weighted by Crippen LogP contribution is -2.01. The number of carbonyl (C=O) groups is 3. The molecule has 0 aliphatic rings. The molecule has 0 aromatic heterocycles. The molecular formula is C25H16N4O13S2. The minimum absolute atomic E-state index is 0.0353. The van der Waals surface area contributed by atoms with Crippen LogP contribution in [0.3, 0.4) is 0 Å². The van der Waals surface area contributed by atoms with Crippen LogP contribution in [0.4, 0.5) is 22.7 Å². The first kappa shape index (κ1) is 31.6. The van der Waals surface area contributed by atoms with Crippen LogP contribution in [0.5, 0.6) is 5.75 Å². The third-order valence-corrected chi connectivity index (χ3v) is 7.10. The Morgan fingerprint density at radius 1 is 0.750 bits per heavy atom. The van der Waals surface area contributed by atoms with Gasteiger partial charge in [0.05, 0.1) is 49.9 Å². The molecule has 44 heavy (non-hydrogen) atoms. The predicted molar refractivity (Wildman–Crippen MR) is 148 cm³/mol. The van der Waals surface area contributed by atoms with Gasteiger partial charge in [-0.05, 0) is 66.0 Å². The fourth-order valence-corrected chi connectivity index (χ4v) is 4.69. The van der Waals surface area contributed by atoms with Crippen molar-refractivity contribution >= 4 is 73.6 Å². The molecule has 6 N–H and O–H groups in total. The van der Waals surface area contributed by atoms with Crippen LogP contribution >= 0.6 is 12.0 Å². The average Bonchev–Trinajstić information content (AvgIpc) is 2.97. The normalized spacial score (nSPS) is 11.9. The van der Waals surface area contributed by atoms with Crippen molar-refractivity contribution in [3.8, 4) is 5.75 Å². The van der Waals surface area contributed by atoms with Crippen LogP contribution in [-0.2, 0) is 19.5 Å². The molecule has 0 amide bonds. The number of aromatic carboxylic acids is 3. The topological polar surface area (TPSA) is 275 Å². The fraction of sp³-hybridized carbons (Fsp3) is 0. The summed E-state index contributed by atoms with van der Waals surface area (Å²) in [6.45, 7) is 0. The van der Waals surface area contributed by atoms with Gasteiger partial charge < -0.3 is 20.4 Å². The van der Waals surface area contributed by atoms with E-state index in [4.69, 9.17) is 5.26 Å². The number of nitrogens with zero attached hydrogens (tertiary/aromatic N) is 4. The Kier molecular flexibility index (Phi) is 9.28. The maximum Gasteiger partial charge on any atom is 0.338 e. The van der Waals surface area contributed by atoms with Crippen molar-refractivity contribution in [3.05, 3.63) is 77.4 Å². The lowest BCUT2D eigenvalue weighted by molar-refractivity contribution is -0.432. The van der Waals surface area contributed by atoms with Crippen molar-refractivity contribution in [2.45, 2.75) is 9.79 Å². The van der Waals surface area contributed by atoms with Gasteiger partial charge in [0, 0.05) is 5.39 Å². The number of phenolic OH excluding ortho intramolecular Hbond substituents is 1. The summed E-state index contributed by atoms with van der Waals surface area (Å²) < 4.78 is 36.8. The Bertz CT molecular complexity index is 1960. The monoisotopic (exact) mass is 644 g/mol. The third kappa shape index (κ3) is 7.18. The molecule has 0 unspecified atom stereocenters. The van der Waals surface area contributed by atoms with E-state index in [0.29, 0.717) is 12.0 Å². The zero-order valence-corrected chi connectivity index (χ0v) is 23.1. The molecule has 0 bridgehead atoms. The van der Waals surface area contributed by atoms with Gasteiger partial charge in [0.2, 0.25) is 0 Å². The summed E-state index contributed by atoms with van der Waals surface area (Å²) in [6, 6.07) is 11.1. The first-order valence-corrected chi connectivity index (χ1v) is 13.7. The van der Waals surface area contributed by atoms with Crippen LogP contribution in [0.2, 0.25) is 0 Å². The van der Waals surface area contributed by atoms with E-state index in [1.54, 1.807) is 0 Å². The minimum atomic E-state index is -4.58. The van der Waals surface area contributed by atoms with Crippen molar-refractivity contribution in [1.29, 1.82) is 0 Å². The standard InChI is InChI=1S/C25H16N4O13S2/c30-22-17-3-2-16(44(38,39)40)8-11(17)9-20(43-42-41-37)21(22)29-28-19-4-1-14(10-18(19)25(35)36)26-27-15-6-12(23(31)32)5-13(7-15)24(33)34/h1-10,30,37H,(H,31,32)(H,33,34)(H,35,36)(H,38,39,40)/b27-26+,29-28+. The van der Waals surface area contributed by atoms with Gasteiger partial charge in [-0.1, -0.05) is 5.04 Å². The van der Waals surface area contributed by atoms with Gasteiger partial charge in [0.25, 0.3) is 10.1 Å². The van der Waals surface area contributed by atoms with E-state index in [9.17, 15) is 47.8 Å². The zero-order chi connectivity index (χ0) is 32.2. The van der Waals surface area contributed by atoms with E-state index in [1.165, 1.54) is 24.3 Å². The third-order valence-electron chi connectivity index (χ3n) is 5.64. The summed E-state index contributed by atoms with van der Waals surface area (Å²) in [7, 11) is -4.58. The Morgan fingerprint density at radius 3 is 2.00 bits per heavy atom. The zero-order valence-electron chi connectivity index (χ0n) is 21.4. The van der Waals surface area contributed by atoms with Gasteiger partial charge in [-0.15, -0.1) is 14.6 Å². The lowest BCUT2D eigenvalue weighted by atomic mass is 10.1. The molecule has 0 atom stereocenters. The lowest BCUT2D eigenvalue weighted by Gasteiger charge is -2.10. The molecule has 4 aromatic rings. The summed E-state index contributed by atoms with van der Waals surface area (Å²) in [6.07, 6.45) is 0. The van der Waals surface area contributed by atoms with Gasteiger partial charge in [-0.2, -0.15) is 18.6 Å². The molecule has 0 heterocycles. The van der Waals surface area contributed by atoms with Crippen LogP contribution in [0.15, 0.2) is 90.9 Å². The summed E-state index contributed by atoms with van der Waals surface area (Å²) in [5, 5.41) is 66.8. The van der Waals surface area contributed by atoms with Crippen LogP contribution < -0.4 is 0 Å². The molecule has 0 aliphatic carbocycles. The number of rotatable bonds is 11. The first-order valence-electron chi connectivity index (χ1n) is 11.5. The van der Waals surface area contributed by atoms with E-state index in [0.717, 1.165) is 36.4 Å². The summed E-state index contributed by atoms with van der Waals surface area (Å²) in [4.78, 5) is 34.0. The van der Waals surface area contributed by atoms with Gasteiger partial charge >= 0.3 is 17.9 Å². The Balaban J connectivity index is 1.73. The largest absolute Gasteiger partial charge is 0.505 e. The molecule has 0 radical (unpaired) electrons.